The van der Waals surface area contributed by atoms with Gasteiger partial charge in [0.25, 0.3) is 5.91 Å². The minimum Gasteiger partial charge on any atom is -0.483 e. The zero-order chi connectivity index (χ0) is 24.5. The lowest BCUT2D eigenvalue weighted by molar-refractivity contribution is -0.143. The maximum Gasteiger partial charge on any atom is 0.261 e. The number of hydrogen-bond acceptors (Lipinski definition) is 3. The topological polar surface area (TPSA) is 58.6 Å². The summed E-state index contributed by atoms with van der Waals surface area (Å²) in [6.45, 7) is 10.4. The second-order valence-electron chi connectivity index (χ2n) is 8.28. The molecule has 0 heterocycles. The number of carbonyl (C=O) groups excluding carboxylic acids is 2. The number of benzene rings is 2. The first kappa shape index (κ1) is 27.0. The molecule has 0 aromatic heterocycles. The van der Waals surface area contributed by atoms with E-state index in [0.29, 0.717) is 34.3 Å². The van der Waals surface area contributed by atoms with Crippen molar-refractivity contribution < 1.29 is 14.3 Å². The zero-order valence-corrected chi connectivity index (χ0v) is 21.6. The van der Waals surface area contributed by atoms with Gasteiger partial charge in [0.2, 0.25) is 5.91 Å². The minimum atomic E-state index is -0.661. The van der Waals surface area contributed by atoms with Crippen molar-refractivity contribution in [1.82, 2.24) is 10.2 Å². The molecule has 0 aliphatic heterocycles. The van der Waals surface area contributed by atoms with Crippen LogP contribution in [-0.2, 0) is 16.1 Å². The van der Waals surface area contributed by atoms with E-state index in [9.17, 15) is 9.59 Å². The van der Waals surface area contributed by atoms with Crippen LogP contribution in [0.5, 0.6) is 5.75 Å². The predicted molar refractivity (Wildman–Crippen MR) is 135 cm³/mol. The number of aryl methyl sites for hydroxylation is 2. The number of halogens is 2. The number of hydrogen-bond donors (Lipinski definition) is 1. The van der Waals surface area contributed by atoms with Gasteiger partial charge in [-0.3, -0.25) is 9.59 Å². The van der Waals surface area contributed by atoms with Gasteiger partial charge in [0, 0.05) is 28.7 Å². The summed E-state index contributed by atoms with van der Waals surface area (Å²) in [6.07, 6.45) is 2.30. The molecule has 0 saturated carbocycles. The third kappa shape index (κ3) is 7.38. The summed E-state index contributed by atoms with van der Waals surface area (Å²) >= 11 is 12.8. The highest BCUT2D eigenvalue weighted by atomic mass is 35.5. The molecule has 0 bridgehead atoms. The van der Waals surface area contributed by atoms with Gasteiger partial charge < -0.3 is 15.0 Å². The van der Waals surface area contributed by atoms with Crippen LogP contribution in [0.1, 0.15) is 55.4 Å². The lowest BCUT2D eigenvalue weighted by Gasteiger charge is -2.31. The number of unbranched alkanes of at least 4 members (excludes halogenated alkanes) is 1. The Labute approximate surface area is 207 Å². The fraction of sp³-hybridized carbons (Fsp3) is 0.462. The third-order valence-electron chi connectivity index (χ3n) is 5.72. The number of nitrogens with zero attached hydrogens (tertiary/aromatic N) is 1. The second-order valence-corrected chi connectivity index (χ2v) is 9.10. The molecule has 2 amide bonds. The Morgan fingerprint density at radius 1 is 1.09 bits per heavy atom. The average Bonchev–Trinajstić information content (AvgIpc) is 2.77. The summed E-state index contributed by atoms with van der Waals surface area (Å²) in [6, 6.07) is 8.53. The average molecular weight is 493 g/mol. The number of rotatable bonds is 11. The molecule has 33 heavy (non-hydrogen) atoms. The molecule has 5 nitrogen and oxygen atoms in total. The normalized spacial score (nSPS) is 11.7. The van der Waals surface area contributed by atoms with Gasteiger partial charge in [-0.05, 0) is 68.5 Å². The van der Waals surface area contributed by atoms with Crippen molar-refractivity contribution in [2.75, 3.05) is 13.2 Å². The molecular formula is C26H34Cl2N2O3. The van der Waals surface area contributed by atoms with Crippen LogP contribution < -0.4 is 10.1 Å². The summed E-state index contributed by atoms with van der Waals surface area (Å²) in [7, 11) is 0. The van der Waals surface area contributed by atoms with Gasteiger partial charge in [0.05, 0.1) is 0 Å². The Kier molecular flexibility index (Phi) is 10.5. The molecule has 7 heteroatoms. The van der Waals surface area contributed by atoms with E-state index in [2.05, 4.69) is 18.3 Å². The van der Waals surface area contributed by atoms with E-state index in [0.717, 1.165) is 29.5 Å². The lowest BCUT2D eigenvalue weighted by Crippen LogP contribution is -2.50. The standard InChI is InChI=1S/C26H34Cl2N2O3/c1-6-8-12-29-26(32)23(7-2)30(15-20-21(27)10-9-11-22(20)28)25(31)16-33-24-14-17(3)13-18(4)19(24)5/h9-11,13-14,23H,6-8,12,15-16H2,1-5H3,(H,29,32)/t23-/m1/s1. The molecule has 0 aliphatic carbocycles. The van der Waals surface area contributed by atoms with Gasteiger partial charge in [-0.25, -0.2) is 0 Å². The van der Waals surface area contributed by atoms with Crippen LogP contribution >= 0.6 is 23.2 Å². The molecular weight excluding hydrogens is 459 g/mol. The van der Waals surface area contributed by atoms with E-state index in [1.807, 2.05) is 33.8 Å². The van der Waals surface area contributed by atoms with E-state index in [-0.39, 0.29) is 25.0 Å². The molecule has 0 aliphatic rings. The van der Waals surface area contributed by atoms with Crippen LogP contribution in [0.25, 0.3) is 0 Å². The summed E-state index contributed by atoms with van der Waals surface area (Å²) in [5.74, 6) is 0.170. The van der Waals surface area contributed by atoms with E-state index < -0.39 is 6.04 Å². The van der Waals surface area contributed by atoms with Crippen LogP contribution in [0, 0.1) is 20.8 Å². The van der Waals surface area contributed by atoms with Crippen LogP contribution in [-0.4, -0.2) is 35.9 Å². The molecule has 0 saturated heterocycles. The molecule has 2 aromatic rings. The molecule has 0 radical (unpaired) electrons. The summed E-state index contributed by atoms with van der Waals surface area (Å²) in [5.41, 5.74) is 3.75. The lowest BCUT2D eigenvalue weighted by atomic mass is 10.1. The van der Waals surface area contributed by atoms with Crippen molar-refractivity contribution in [2.24, 2.45) is 0 Å². The Balaban J connectivity index is 2.30. The maximum absolute atomic E-state index is 13.4. The first-order valence-electron chi connectivity index (χ1n) is 11.4. The second kappa shape index (κ2) is 12.9. The molecule has 0 fully saturated rings. The zero-order valence-electron chi connectivity index (χ0n) is 20.1. The van der Waals surface area contributed by atoms with Gasteiger partial charge >= 0.3 is 0 Å². The minimum absolute atomic E-state index is 0.117. The molecule has 1 atom stereocenters. The Morgan fingerprint density at radius 3 is 2.36 bits per heavy atom. The van der Waals surface area contributed by atoms with E-state index >= 15 is 0 Å². The van der Waals surface area contributed by atoms with E-state index in [4.69, 9.17) is 27.9 Å². The quantitative estimate of drug-likeness (QED) is 0.390. The van der Waals surface area contributed by atoms with E-state index in [1.54, 1.807) is 18.2 Å². The molecule has 2 aromatic carbocycles. The van der Waals surface area contributed by atoms with Gasteiger partial charge in [-0.2, -0.15) is 0 Å². The third-order valence-corrected chi connectivity index (χ3v) is 6.43. The smallest absolute Gasteiger partial charge is 0.261 e. The van der Waals surface area contributed by atoms with Crippen molar-refractivity contribution in [3.05, 3.63) is 62.6 Å². The van der Waals surface area contributed by atoms with Crippen molar-refractivity contribution in [1.29, 1.82) is 0 Å². The van der Waals surface area contributed by atoms with Gasteiger partial charge in [-0.15, -0.1) is 0 Å². The highest BCUT2D eigenvalue weighted by molar-refractivity contribution is 6.36. The Hall–Kier alpha value is -2.24. The van der Waals surface area contributed by atoms with Crippen LogP contribution in [0.15, 0.2) is 30.3 Å². The van der Waals surface area contributed by atoms with Gasteiger partial charge in [0.15, 0.2) is 6.61 Å². The van der Waals surface area contributed by atoms with E-state index in [1.165, 1.54) is 4.90 Å². The van der Waals surface area contributed by atoms with Gasteiger partial charge in [0.1, 0.15) is 11.8 Å². The number of ether oxygens (including phenoxy) is 1. The number of nitrogens with one attached hydrogen (secondary N) is 1. The highest BCUT2D eigenvalue weighted by Crippen LogP contribution is 2.28. The fourth-order valence-electron chi connectivity index (χ4n) is 3.65. The molecule has 0 spiro atoms. The highest BCUT2D eigenvalue weighted by Gasteiger charge is 2.30. The van der Waals surface area contributed by atoms with Crippen molar-refractivity contribution >= 4 is 35.0 Å². The molecule has 2 rings (SSSR count). The monoisotopic (exact) mass is 492 g/mol. The number of amides is 2. The summed E-state index contributed by atoms with van der Waals surface area (Å²) in [5, 5.41) is 3.85. The Bertz CT molecular complexity index is 958. The van der Waals surface area contributed by atoms with Crippen molar-refractivity contribution in [3.8, 4) is 5.75 Å². The van der Waals surface area contributed by atoms with Gasteiger partial charge in [-0.1, -0.05) is 55.6 Å². The SMILES string of the molecule is CCCCNC(=O)[C@@H](CC)N(Cc1c(Cl)cccc1Cl)C(=O)COc1cc(C)cc(C)c1C. The first-order valence-corrected chi connectivity index (χ1v) is 12.2. The number of carbonyl (C=O) groups is 2. The van der Waals surface area contributed by atoms with Crippen molar-refractivity contribution in [2.45, 2.75) is 66.5 Å². The molecule has 1 N–H and O–H groups in total. The van der Waals surface area contributed by atoms with Crippen LogP contribution in [0.2, 0.25) is 10.0 Å². The van der Waals surface area contributed by atoms with Crippen molar-refractivity contribution in [3.63, 3.8) is 0 Å². The molecule has 0 unspecified atom stereocenters. The summed E-state index contributed by atoms with van der Waals surface area (Å²) in [4.78, 5) is 27.9. The maximum atomic E-state index is 13.4. The van der Waals surface area contributed by atoms with Crippen LogP contribution in [0.4, 0.5) is 0 Å². The molecule has 180 valence electrons. The first-order chi connectivity index (χ1) is 15.7. The largest absolute Gasteiger partial charge is 0.483 e. The summed E-state index contributed by atoms with van der Waals surface area (Å²) < 4.78 is 5.92. The fourth-order valence-corrected chi connectivity index (χ4v) is 4.17. The Morgan fingerprint density at radius 2 is 1.76 bits per heavy atom. The van der Waals surface area contributed by atoms with Crippen LogP contribution in [0.3, 0.4) is 0 Å². The predicted octanol–water partition coefficient (Wildman–Crippen LogP) is 6.02.